The summed E-state index contributed by atoms with van der Waals surface area (Å²) in [5.41, 5.74) is 2.01. The minimum atomic E-state index is -2.83. The van der Waals surface area contributed by atoms with Crippen molar-refractivity contribution in [3.8, 4) is 11.5 Å². The number of para-hydroxylation sites is 1. The summed E-state index contributed by atoms with van der Waals surface area (Å²) >= 11 is 0. The van der Waals surface area contributed by atoms with Crippen LogP contribution in [0.25, 0.3) is 0 Å². The molecule has 0 amide bonds. The predicted octanol–water partition coefficient (Wildman–Crippen LogP) is 6.04. The van der Waals surface area contributed by atoms with Crippen LogP contribution in [0.3, 0.4) is 0 Å². The molecule has 2 aromatic rings. The second kappa shape index (κ2) is 14.0. The van der Waals surface area contributed by atoms with Gasteiger partial charge >= 0.3 is 12.6 Å². The number of aryl methyl sites for hydroxylation is 2. The number of alkyl halides is 2. The van der Waals surface area contributed by atoms with Crippen LogP contribution in [0.2, 0.25) is 0 Å². The van der Waals surface area contributed by atoms with Crippen molar-refractivity contribution in [3.63, 3.8) is 0 Å². The van der Waals surface area contributed by atoms with Crippen molar-refractivity contribution in [3.05, 3.63) is 59.7 Å². The van der Waals surface area contributed by atoms with Gasteiger partial charge in [0, 0.05) is 25.4 Å². The van der Waals surface area contributed by atoms with Crippen LogP contribution in [0.5, 0.6) is 11.5 Å². The first-order chi connectivity index (χ1) is 16.9. The monoisotopic (exact) mass is 489 g/mol. The van der Waals surface area contributed by atoms with E-state index in [1.54, 1.807) is 12.1 Å². The quantitative estimate of drug-likeness (QED) is 0.239. The van der Waals surface area contributed by atoms with Gasteiger partial charge in [0.15, 0.2) is 0 Å². The Morgan fingerprint density at radius 3 is 2.74 bits per heavy atom. The van der Waals surface area contributed by atoms with Gasteiger partial charge in [-0.15, -0.1) is 0 Å². The van der Waals surface area contributed by atoms with E-state index in [9.17, 15) is 13.6 Å². The average Bonchev–Trinajstić information content (AvgIpc) is 3.17. The number of unbranched alkanes of at least 4 members (excludes halogenated alkanes) is 2. The first-order valence-electron chi connectivity index (χ1n) is 12.6. The topological polar surface area (TPSA) is 48.0 Å². The molecule has 1 heterocycles. The van der Waals surface area contributed by atoms with Crippen LogP contribution in [0.4, 0.5) is 8.78 Å². The summed E-state index contributed by atoms with van der Waals surface area (Å²) in [6.45, 7) is 0.623. The van der Waals surface area contributed by atoms with E-state index in [1.807, 2.05) is 30.3 Å². The summed E-state index contributed by atoms with van der Waals surface area (Å²) in [7, 11) is 2.06. The molecule has 0 aromatic heterocycles. The number of benzene rings is 2. The standard InChI is InChI=1S/C28H37F2NO4/c1-3-4-5-13-27(32)34-25-19-23(31(2)20-25)16-17-33-26-12-7-6-10-22(26)15-14-21-9-8-11-24(18-21)35-28(29)30/h6-12,18,23,25,28H,3-5,13-17,19-20H2,1-2H3/t23-,25-/m1/s1. The highest BCUT2D eigenvalue weighted by molar-refractivity contribution is 5.69. The van der Waals surface area contributed by atoms with Crippen LogP contribution in [0.1, 0.15) is 56.6 Å². The Hall–Kier alpha value is -2.67. The van der Waals surface area contributed by atoms with E-state index < -0.39 is 6.61 Å². The Kier molecular flexibility index (Phi) is 10.8. The third-order valence-electron chi connectivity index (χ3n) is 6.42. The summed E-state index contributed by atoms with van der Waals surface area (Å²) in [6.07, 6.45) is 6.60. The molecule has 7 heteroatoms. The average molecular weight is 490 g/mol. The summed E-state index contributed by atoms with van der Waals surface area (Å²) in [6, 6.07) is 15.1. The molecular weight excluding hydrogens is 452 g/mol. The molecular formula is C28H37F2NO4. The molecule has 192 valence electrons. The van der Waals surface area contributed by atoms with E-state index in [1.165, 1.54) is 6.07 Å². The van der Waals surface area contributed by atoms with E-state index in [0.29, 0.717) is 25.5 Å². The number of halogens is 2. The lowest BCUT2D eigenvalue weighted by Crippen LogP contribution is -2.27. The number of hydrogen-bond donors (Lipinski definition) is 0. The molecule has 0 N–H and O–H groups in total. The number of carbonyl (C=O) groups excluding carboxylic acids is 1. The van der Waals surface area contributed by atoms with Crippen molar-refractivity contribution < 1.29 is 27.8 Å². The van der Waals surface area contributed by atoms with Crippen molar-refractivity contribution in [2.24, 2.45) is 0 Å². The maximum absolute atomic E-state index is 12.5. The van der Waals surface area contributed by atoms with Crippen molar-refractivity contribution >= 4 is 5.97 Å². The maximum Gasteiger partial charge on any atom is 0.387 e. The predicted molar refractivity (Wildman–Crippen MR) is 132 cm³/mol. The fourth-order valence-electron chi connectivity index (χ4n) is 4.53. The minimum Gasteiger partial charge on any atom is -0.493 e. The van der Waals surface area contributed by atoms with E-state index in [0.717, 1.165) is 61.9 Å². The molecule has 2 atom stereocenters. The molecule has 1 saturated heterocycles. The second-order valence-corrected chi connectivity index (χ2v) is 9.17. The minimum absolute atomic E-state index is 0.0452. The van der Waals surface area contributed by atoms with Gasteiger partial charge in [-0.25, -0.2) is 0 Å². The highest BCUT2D eigenvalue weighted by Crippen LogP contribution is 2.25. The van der Waals surface area contributed by atoms with Crippen molar-refractivity contribution in [2.75, 3.05) is 20.2 Å². The summed E-state index contributed by atoms with van der Waals surface area (Å²) in [5.74, 6) is 0.925. The molecule has 1 aliphatic heterocycles. The van der Waals surface area contributed by atoms with Gasteiger partial charge in [-0.3, -0.25) is 9.69 Å². The van der Waals surface area contributed by atoms with Crippen molar-refractivity contribution in [1.29, 1.82) is 0 Å². The number of likely N-dealkylation sites (N-methyl/N-ethyl adjacent to an activating group) is 1. The summed E-state index contributed by atoms with van der Waals surface area (Å²) in [4.78, 5) is 14.3. The summed E-state index contributed by atoms with van der Waals surface area (Å²) in [5, 5.41) is 0. The first kappa shape index (κ1) is 26.9. The largest absolute Gasteiger partial charge is 0.493 e. The zero-order valence-electron chi connectivity index (χ0n) is 20.8. The van der Waals surface area contributed by atoms with Gasteiger partial charge in [-0.2, -0.15) is 8.78 Å². The Morgan fingerprint density at radius 1 is 1.11 bits per heavy atom. The molecule has 5 nitrogen and oxygen atoms in total. The van der Waals surface area contributed by atoms with Crippen LogP contribution < -0.4 is 9.47 Å². The molecule has 0 spiro atoms. The number of esters is 1. The third-order valence-corrected chi connectivity index (χ3v) is 6.42. The molecule has 0 bridgehead atoms. The fraction of sp³-hybridized carbons (Fsp3) is 0.536. The lowest BCUT2D eigenvalue weighted by molar-refractivity contribution is -0.148. The smallest absolute Gasteiger partial charge is 0.387 e. The third kappa shape index (κ3) is 9.13. The van der Waals surface area contributed by atoms with Gasteiger partial charge in [0.1, 0.15) is 17.6 Å². The van der Waals surface area contributed by atoms with Gasteiger partial charge < -0.3 is 14.2 Å². The number of rotatable bonds is 14. The zero-order valence-corrected chi connectivity index (χ0v) is 20.8. The SMILES string of the molecule is CCCCCC(=O)O[C@@H]1C[C@@H](CCOc2ccccc2CCc2cccc(OC(F)F)c2)N(C)C1. The van der Waals surface area contributed by atoms with Gasteiger partial charge in [0.2, 0.25) is 0 Å². The van der Waals surface area contributed by atoms with Crippen LogP contribution in [0.15, 0.2) is 48.5 Å². The zero-order chi connectivity index (χ0) is 25.0. The molecule has 0 unspecified atom stereocenters. The number of likely N-dealkylation sites (tertiary alicyclic amines) is 1. The summed E-state index contributed by atoms with van der Waals surface area (Å²) < 4.78 is 41.3. The van der Waals surface area contributed by atoms with Gasteiger partial charge in [-0.05, 0) is 62.1 Å². The van der Waals surface area contributed by atoms with Crippen molar-refractivity contribution in [1.82, 2.24) is 4.90 Å². The van der Waals surface area contributed by atoms with E-state index in [-0.39, 0.29) is 17.8 Å². The van der Waals surface area contributed by atoms with Gasteiger partial charge in [0.25, 0.3) is 0 Å². The Morgan fingerprint density at radius 2 is 1.94 bits per heavy atom. The molecule has 1 fully saturated rings. The van der Waals surface area contributed by atoms with E-state index in [4.69, 9.17) is 9.47 Å². The number of hydrogen-bond acceptors (Lipinski definition) is 5. The highest BCUT2D eigenvalue weighted by Gasteiger charge is 2.31. The van der Waals surface area contributed by atoms with Crippen LogP contribution in [-0.2, 0) is 22.4 Å². The number of carbonyl (C=O) groups is 1. The molecule has 35 heavy (non-hydrogen) atoms. The normalized spacial score (nSPS) is 18.1. The van der Waals surface area contributed by atoms with Crippen LogP contribution in [0, 0.1) is 0 Å². The lowest BCUT2D eigenvalue weighted by Gasteiger charge is -2.19. The van der Waals surface area contributed by atoms with Crippen LogP contribution in [-0.4, -0.2) is 49.8 Å². The Balaban J connectivity index is 1.45. The van der Waals surface area contributed by atoms with Crippen LogP contribution >= 0.6 is 0 Å². The second-order valence-electron chi connectivity index (χ2n) is 9.17. The fourth-order valence-corrected chi connectivity index (χ4v) is 4.53. The highest BCUT2D eigenvalue weighted by atomic mass is 19.3. The first-order valence-corrected chi connectivity index (χ1v) is 12.6. The molecule has 2 aromatic carbocycles. The molecule has 0 radical (unpaired) electrons. The van der Waals surface area contributed by atoms with Gasteiger partial charge in [-0.1, -0.05) is 50.1 Å². The Labute approximate surface area is 207 Å². The van der Waals surface area contributed by atoms with E-state index >= 15 is 0 Å². The van der Waals surface area contributed by atoms with Crippen molar-refractivity contribution in [2.45, 2.75) is 77.0 Å². The lowest BCUT2D eigenvalue weighted by atomic mass is 10.0. The molecule has 3 rings (SSSR count). The number of ether oxygens (including phenoxy) is 3. The molecule has 0 aliphatic carbocycles. The Bertz CT molecular complexity index is 923. The molecule has 0 saturated carbocycles. The maximum atomic E-state index is 12.5. The number of nitrogens with zero attached hydrogens (tertiary/aromatic N) is 1. The van der Waals surface area contributed by atoms with Gasteiger partial charge in [0.05, 0.1) is 6.61 Å². The molecule has 1 aliphatic rings. The van der Waals surface area contributed by atoms with E-state index in [2.05, 4.69) is 23.6 Å².